The molecule has 4 aromatic rings. The first kappa shape index (κ1) is 32.7. The SMILES string of the molecule is COc1ccc(C(OC[C@H]2O[C@@H](n3cc(C)c(=O)n(CCC#N)c3=O)[C@H](O)[C@@H]2OC)(c2ccccc2)c2ccc(OC)cc2)cc1. The van der Waals surface area contributed by atoms with Gasteiger partial charge in [-0.2, -0.15) is 5.26 Å². The molecule has 1 aromatic heterocycles. The van der Waals surface area contributed by atoms with Crippen LogP contribution in [-0.2, 0) is 26.4 Å². The summed E-state index contributed by atoms with van der Waals surface area (Å²) in [5, 5.41) is 20.4. The number of aromatic nitrogens is 2. The summed E-state index contributed by atoms with van der Waals surface area (Å²) < 4.78 is 32.0. The predicted octanol–water partition coefficient (Wildman–Crippen LogP) is 3.53. The summed E-state index contributed by atoms with van der Waals surface area (Å²) in [7, 11) is 4.66. The number of ether oxygens (including phenoxy) is 5. The van der Waals surface area contributed by atoms with Crippen LogP contribution in [-0.4, -0.2) is 60.5 Å². The summed E-state index contributed by atoms with van der Waals surface area (Å²) in [6, 6.07) is 26.9. The minimum absolute atomic E-state index is 0.0257. The molecule has 2 heterocycles. The summed E-state index contributed by atoms with van der Waals surface area (Å²) in [6.45, 7) is 1.43. The van der Waals surface area contributed by atoms with Gasteiger partial charge in [0.15, 0.2) is 6.23 Å². The van der Waals surface area contributed by atoms with Crippen molar-refractivity contribution in [2.24, 2.45) is 0 Å². The number of hydrogen-bond donors (Lipinski definition) is 1. The number of nitrogens with zero attached hydrogens (tertiary/aromatic N) is 3. The van der Waals surface area contributed by atoms with E-state index < -0.39 is 41.4 Å². The van der Waals surface area contributed by atoms with E-state index in [1.165, 1.54) is 17.9 Å². The molecular formula is C35H37N3O8. The van der Waals surface area contributed by atoms with Crippen molar-refractivity contribution in [3.63, 3.8) is 0 Å². The van der Waals surface area contributed by atoms with Crippen LogP contribution in [0.1, 0.15) is 34.9 Å². The molecule has 5 rings (SSSR count). The number of rotatable bonds is 12. The Morgan fingerprint density at radius 3 is 1.98 bits per heavy atom. The molecular weight excluding hydrogens is 590 g/mol. The quantitative estimate of drug-likeness (QED) is 0.234. The van der Waals surface area contributed by atoms with E-state index in [1.54, 1.807) is 21.1 Å². The molecule has 46 heavy (non-hydrogen) atoms. The van der Waals surface area contributed by atoms with E-state index in [-0.39, 0.29) is 25.1 Å². The van der Waals surface area contributed by atoms with Gasteiger partial charge in [0.2, 0.25) is 0 Å². The number of hydrogen-bond acceptors (Lipinski definition) is 9. The van der Waals surface area contributed by atoms with Gasteiger partial charge in [0.05, 0.1) is 33.3 Å². The van der Waals surface area contributed by atoms with Gasteiger partial charge in [0.25, 0.3) is 5.56 Å². The van der Waals surface area contributed by atoms with Crippen LogP contribution in [0.4, 0.5) is 0 Å². The van der Waals surface area contributed by atoms with Crippen molar-refractivity contribution in [1.29, 1.82) is 5.26 Å². The highest BCUT2D eigenvalue weighted by atomic mass is 16.6. The minimum Gasteiger partial charge on any atom is -0.497 e. The molecule has 3 aromatic carbocycles. The zero-order valence-corrected chi connectivity index (χ0v) is 26.2. The molecule has 240 valence electrons. The number of benzene rings is 3. The lowest BCUT2D eigenvalue weighted by Gasteiger charge is -2.37. The summed E-state index contributed by atoms with van der Waals surface area (Å²) in [6.07, 6.45) is -2.81. The highest BCUT2D eigenvalue weighted by Gasteiger charge is 2.48. The number of methoxy groups -OCH3 is 3. The third-order valence-corrected chi connectivity index (χ3v) is 8.31. The Balaban J connectivity index is 1.57. The average molecular weight is 628 g/mol. The van der Waals surface area contributed by atoms with Gasteiger partial charge in [-0.1, -0.05) is 54.6 Å². The second-order valence-electron chi connectivity index (χ2n) is 10.9. The van der Waals surface area contributed by atoms with Gasteiger partial charge in [-0.05, 0) is 47.9 Å². The van der Waals surface area contributed by atoms with Crippen LogP contribution < -0.4 is 20.7 Å². The molecule has 1 aliphatic heterocycles. The lowest BCUT2D eigenvalue weighted by Crippen LogP contribution is -2.44. The molecule has 1 fully saturated rings. The molecule has 11 heteroatoms. The van der Waals surface area contributed by atoms with Crippen LogP contribution in [0.25, 0.3) is 0 Å². The molecule has 0 saturated carbocycles. The van der Waals surface area contributed by atoms with Crippen molar-refractivity contribution in [2.75, 3.05) is 27.9 Å². The topological polar surface area (TPSA) is 134 Å². The maximum absolute atomic E-state index is 13.4. The standard InChI is InChI=1S/C35H37N3O8/c1-23-21-38(34(41)37(32(23)40)20-8-19-36)33-30(39)31(44-4)29(46-33)22-45-35(24-9-6-5-7-10-24,25-11-15-27(42-2)16-12-25)26-13-17-28(43-3)18-14-26/h5-7,9-18,21,29-31,33,39H,8,20,22H2,1-4H3/t29-,30-,31-,33-/m1/s1. The fraction of sp³-hybridized carbons (Fsp3) is 0.343. The van der Waals surface area contributed by atoms with E-state index in [1.807, 2.05) is 84.9 Å². The predicted molar refractivity (Wildman–Crippen MR) is 169 cm³/mol. The molecule has 0 bridgehead atoms. The Morgan fingerprint density at radius 1 is 0.891 bits per heavy atom. The van der Waals surface area contributed by atoms with Crippen LogP contribution in [0, 0.1) is 18.3 Å². The normalized spacial score (nSPS) is 19.5. The fourth-order valence-corrected chi connectivity index (χ4v) is 5.96. The molecule has 0 aliphatic carbocycles. The molecule has 1 N–H and O–H groups in total. The minimum atomic E-state index is -1.27. The number of nitriles is 1. The highest BCUT2D eigenvalue weighted by molar-refractivity contribution is 5.49. The molecule has 4 atom stereocenters. The first-order chi connectivity index (χ1) is 22.3. The molecule has 0 spiro atoms. The first-order valence-corrected chi connectivity index (χ1v) is 14.8. The van der Waals surface area contributed by atoms with Crippen LogP contribution in [0.2, 0.25) is 0 Å². The van der Waals surface area contributed by atoms with E-state index in [9.17, 15) is 14.7 Å². The van der Waals surface area contributed by atoms with Crippen molar-refractivity contribution in [2.45, 2.75) is 50.0 Å². The van der Waals surface area contributed by atoms with Gasteiger partial charge in [-0.3, -0.25) is 13.9 Å². The summed E-state index contributed by atoms with van der Waals surface area (Å²) in [5.41, 5.74) is 0.382. The second-order valence-corrected chi connectivity index (χ2v) is 10.9. The average Bonchev–Trinajstić information content (AvgIpc) is 3.42. The van der Waals surface area contributed by atoms with Crippen LogP contribution in [0.3, 0.4) is 0 Å². The van der Waals surface area contributed by atoms with E-state index >= 15 is 0 Å². The van der Waals surface area contributed by atoms with Crippen molar-refractivity contribution in [1.82, 2.24) is 9.13 Å². The molecule has 0 amide bonds. The maximum atomic E-state index is 13.4. The monoisotopic (exact) mass is 627 g/mol. The largest absolute Gasteiger partial charge is 0.497 e. The van der Waals surface area contributed by atoms with E-state index in [0.29, 0.717) is 11.5 Å². The fourth-order valence-electron chi connectivity index (χ4n) is 5.96. The number of aliphatic hydroxyl groups excluding tert-OH is 1. The highest BCUT2D eigenvalue weighted by Crippen LogP contribution is 2.43. The Morgan fingerprint density at radius 2 is 1.46 bits per heavy atom. The maximum Gasteiger partial charge on any atom is 0.333 e. The van der Waals surface area contributed by atoms with Gasteiger partial charge in [-0.25, -0.2) is 4.79 Å². The molecule has 1 aliphatic rings. The van der Waals surface area contributed by atoms with Crippen molar-refractivity contribution >= 4 is 0 Å². The van der Waals surface area contributed by atoms with Crippen molar-refractivity contribution in [3.8, 4) is 17.6 Å². The zero-order chi connectivity index (χ0) is 32.8. The third kappa shape index (κ3) is 6.08. The van der Waals surface area contributed by atoms with E-state index in [0.717, 1.165) is 21.3 Å². The second kappa shape index (κ2) is 14.1. The first-order valence-electron chi connectivity index (χ1n) is 14.8. The smallest absolute Gasteiger partial charge is 0.333 e. The van der Waals surface area contributed by atoms with Gasteiger partial charge >= 0.3 is 5.69 Å². The Hall–Kier alpha value is -4.73. The summed E-state index contributed by atoms with van der Waals surface area (Å²) in [4.78, 5) is 26.1. The van der Waals surface area contributed by atoms with Gasteiger partial charge in [-0.15, -0.1) is 0 Å². The molecule has 11 nitrogen and oxygen atoms in total. The molecule has 1 saturated heterocycles. The van der Waals surface area contributed by atoms with Crippen LogP contribution in [0.15, 0.2) is 94.6 Å². The van der Waals surface area contributed by atoms with E-state index in [2.05, 4.69) is 0 Å². The summed E-state index contributed by atoms with van der Waals surface area (Å²) >= 11 is 0. The molecule has 0 radical (unpaired) electrons. The van der Waals surface area contributed by atoms with Crippen LogP contribution in [0.5, 0.6) is 11.5 Å². The van der Waals surface area contributed by atoms with Gasteiger partial charge in [0, 0.05) is 25.4 Å². The Labute approximate surface area is 266 Å². The van der Waals surface area contributed by atoms with Crippen molar-refractivity contribution < 1.29 is 28.8 Å². The number of aryl methyl sites for hydroxylation is 1. The Kier molecular flexibility index (Phi) is 10.0. The summed E-state index contributed by atoms with van der Waals surface area (Å²) in [5.74, 6) is 1.36. The lowest BCUT2D eigenvalue weighted by atomic mass is 9.80. The Bertz CT molecular complexity index is 1730. The van der Waals surface area contributed by atoms with Gasteiger partial charge in [0.1, 0.15) is 35.4 Å². The molecule has 0 unspecified atom stereocenters. The zero-order valence-electron chi connectivity index (χ0n) is 26.2. The van der Waals surface area contributed by atoms with Crippen molar-refractivity contribution in [3.05, 3.63) is 128 Å². The lowest BCUT2D eigenvalue weighted by molar-refractivity contribution is -0.0997. The number of aliphatic hydroxyl groups is 1. The van der Waals surface area contributed by atoms with E-state index in [4.69, 9.17) is 28.9 Å². The van der Waals surface area contributed by atoms with Gasteiger partial charge < -0.3 is 28.8 Å². The van der Waals surface area contributed by atoms with Crippen LogP contribution >= 0.6 is 0 Å². The third-order valence-electron chi connectivity index (χ3n) is 8.31.